The van der Waals surface area contributed by atoms with Crippen LogP contribution in [0, 0.1) is 6.92 Å². The standard InChI is InChI=1S/C13H13N3/c1-10-7-8-13(12(14)9-10)16-15-11-5-3-2-4-6-11/h2-9H,14H2,1H3/b16-15+. The number of benzene rings is 2. The van der Waals surface area contributed by atoms with E-state index in [0.29, 0.717) is 11.4 Å². The Morgan fingerprint density at radius 3 is 2.38 bits per heavy atom. The van der Waals surface area contributed by atoms with E-state index in [1.165, 1.54) is 0 Å². The van der Waals surface area contributed by atoms with Crippen molar-refractivity contribution < 1.29 is 0 Å². The van der Waals surface area contributed by atoms with Gasteiger partial charge in [-0.15, -0.1) is 5.11 Å². The molecule has 0 unspecified atom stereocenters. The minimum absolute atomic E-state index is 0.652. The third kappa shape index (κ3) is 2.45. The lowest BCUT2D eigenvalue weighted by Gasteiger charge is -1.99. The normalized spacial score (nSPS) is 10.8. The average Bonchev–Trinajstić information content (AvgIpc) is 2.29. The van der Waals surface area contributed by atoms with Crippen LogP contribution in [0.4, 0.5) is 17.1 Å². The maximum Gasteiger partial charge on any atom is 0.109 e. The van der Waals surface area contributed by atoms with Gasteiger partial charge in [-0.05, 0) is 36.8 Å². The van der Waals surface area contributed by atoms with Gasteiger partial charge in [0.15, 0.2) is 0 Å². The van der Waals surface area contributed by atoms with Crippen LogP contribution in [-0.4, -0.2) is 0 Å². The van der Waals surface area contributed by atoms with E-state index in [4.69, 9.17) is 5.73 Å². The first-order valence-electron chi connectivity index (χ1n) is 5.08. The third-order valence-electron chi connectivity index (χ3n) is 2.21. The predicted octanol–water partition coefficient (Wildman–Crippen LogP) is 3.99. The van der Waals surface area contributed by atoms with Crippen molar-refractivity contribution in [3.63, 3.8) is 0 Å². The topological polar surface area (TPSA) is 50.7 Å². The Hall–Kier alpha value is -2.16. The summed E-state index contributed by atoms with van der Waals surface area (Å²) in [4.78, 5) is 0. The zero-order valence-electron chi connectivity index (χ0n) is 9.09. The Kier molecular flexibility index (Phi) is 2.96. The second-order valence-corrected chi connectivity index (χ2v) is 3.60. The predicted molar refractivity (Wildman–Crippen MR) is 66.2 cm³/mol. The number of rotatable bonds is 2. The fourth-order valence-electron chi connectivity index (χ4n) is 1.37. The molecule has 2 N–H and O–H groups in total. The molecule has 2 aromatic rings. The Labute approximate surface area is 94.6 Å². The molecule has 0 aliphatic heterocycles. The molecule has 0 atom stereocenters. The molecule has 16 heavy (non-hydrogen) atoms. The van der Waals surface area contributed by atoms with Crippen molar-refractivity contribution in [3.8, 4) is 0 Å². The van der Waals surface area contributed by atoms with Crippen LogP contribution in [-0.2, 0) is 0 Å². The Morgan fingerprint density at radius 2 is 1.69 bits per heavy atom. The Morgan fingerprint density at radius 1 is 0.938 bits per heavy atom. The Balaban J connectivity index is 2.24. The van der Waals surface area contributed by atoms with Crippen molar-refractivity contribution in [2.24, 2.45) is 10.2 Å². The van der Waals surface area contributed by atoms with Gasteiger partial charge in [0.2, 0.25) is 0 Å². The van der Waals surface area contributed by atoms with Crippen molar-refractivity contribution in [1.82, 2.24) is 0 Å². The molecule has 0 aromatic heterocycles. The highest BCUT2D eigenvalue weighted by Crippen LogP contribution is 2.24. The van der Waals surface area contributed by atoms with Crippen LogP contribution in [0.5, 0.6) is 0 Å². The van der Waals surface area contributed by atoms with Crippen LogP contribution in [0.15, 0.2) is 58.8 Å². The lowest BCUT2D eigenvalue weighted by molar-refractivity contribution is 1.23. The van der Waals surface area contributed by atoms with Gasteiger partial charge in [-0.2, -0.15) is 5.11 Å². The van der Waals surface area contributed by atoms with E-state index in [2.05, 4.69) is 10.2 Å². The molecule has 3 heteroatoms. The number of nitrogens with two attached hydrogens (primary N) is 1. The molecule has 2 aromatic carbocycles. The molecule has 0 fully saturated rings. The molecule has 0 saturated carbocycles. The monoisotopic (exact) mass is 211 g/mol. The fraction of sp³-hybridized carbons (Fsp3) is 0.0769. The molecule has 0 amide bonds. The number of hydrogen-bond acceptors (Lipinski definition) is 3. The first-order valence-corrected chi connectivity index (χ1v) is 5.08. The van der Waals surface area contributed by atoms with Crippen molar-refractivity contribution >= 4 is 17.1 Å². The van der Waals surface area contributed by atoms with Gasteiger partial charge in [-0.25, -0.2) is 0 Å². The van der Waals surface area contributed by atoms with Gasteiger partial charge in [-0.3, -0.25) is 0 Å². The summed E-state index contributed by atoms with van der Waals surface area (Å²) in [5.74, 6) is 0. The summed E-state index contributed by atoms with van der Waals surface area (Å²) in [6, 6.07) is 15.3. The van der Waals surface area contributed by atoms with Crippen LogP contribution in [0.2, 0.25) is 0 Å². The van der Waals surface area contributed by atoms with E-state index in [-0.39, 0.29) is 0 Å². The van der Waals surface area contributed by atoms with Gasteiger partial charge in [0.05, 0.1) is 11.4 Å². The average molecular weight is 211 g/mol. The lowest BCUT2D eigenvalue weighted by atomic mass is 10.2. The minimum Gasteiger partial charge on any atom is -0.397 e. The molecule has 3 nitrogen and oxygen atoms in total. The molecule has 0 heterocycles. The highest BCUT2D eigenvalue weighted by atomic mass is 15.1. The fourth-order valence-corrected chi connectivity index (χ4v) is 1.37. The van der Waals surface area contributed by atoms with Crippen molar-refractivity contribution in [1.29, 1.82) is 0 Å². The largest absolute Gasteiger partial charge is 0.397 e. The summed E-state index contributed by atoms with van der Waals surface area (Å²) in [7, 11) is 0. The molecule has 0 radical (unpaired) electrons. The van der Waals surface area contributed by atoms with Crippen LogP contribution in [0.3, 0.4) is 0 Å². The van der Waals surface area contributed by atoms with Crippen LogP contribution < -0.4 is 5.73 Å². The zero-order valence-corrected chi connectivity index (χ0v) is 9.09. The summed E-state index contributed by atoms with van der Waals surface area (Å²) in [5.41, 5.74) is 9.13. The van der Waals surface area contributed by atoms with Crippen molar-refractivity contribution in [2.45, 2.75) is 6.92 Å². The first-order chi connectivity index (χ1) is 7.75. The third-order valence-corrected chi connectivity index (χ3v) is 2.21. The van der Waals surface area contributed by atoms with Crippen LogP contribution >= 0.6 is 0 Å². The number of nitrogens with zero attached hydrogens (tertiary/aromatic N) is 2. The van der Waals surface area contributed by atoms with Gasteiger partial charge in [0, 0.05) is 0 Å². The Bertz CT molecular complexity index is 504. The number of azo groups is 1. The quantitative estimate of drug-likeness (QED) is 0.592. The van der Waals surface area contributed by atoms with E-state index in [1.807, 2.05) is 55.5 Å². The van der Waals surface area contributed by atoms with E-state index in [1.54, 1.807) is 0 Å². The van der Waals surface area contributed by atoms with Crippen molar-refractivity contribution in [2.75, 3.05) is 5.73 Å². The van der Waals surface area contributed by atoms with E-state index in [9.17, 15) is 0 Å². The first kappa shape index (κ1) is 10.4. The second kappa shape index (κ2) is 4.57. The minimum atomic E-state index is 0.652. The molecule has 0 saturated heterocycles. The molecule has 0 bridgehead atoms. The van der Waals surface area contributed by atoms with Gasteiger partial charge >= 0.3 is 0 Å². The number of nitrogen functional groups attached to an aromatic ring is 1. The molecule has 0 aliphatic carbocycles. The maximum absolute atomic E-state index is 5.83. The van der Waals surface area contributed by atoms with E-state index >= 15 is 0 Å². The van der Waals surface area contributed by atoms with E-state index < -0.39 is 0 Å². The second-order valence-electron chi connectivity index (χ2n) is 3.60. The summed E-state index contributed by atoms with van der Waals surface area (Å²) in [6.45, 7) is 1.99. The SMILES string of the molecule is Cc1ccc(/N=N/c2ccccc2)c(N)c1. The summed E-state index contributed by atoms with van der Waals surface area (Å²) in [6.07, 6.45) is 0. The summed E-state index contributed by atoms with van der Waals surface area (Å²) < 4.78 is 0. The number of aryl methyl sites for hydroxylation is 1. The van der Waals surface area contributed by atoms with Gasteiger partial charge in [0.25, 0.3) is 0 Å². The number of anilines is 1. The van der Waals surface area contributed by atoms with Crippen molar-refractivity contribution in [3.05, 3.63) is 54.1 Å². The lowest BCUT2D eigenvalue weighted by Crippen LogP contribution is -1.85. The molecular weight excluding hydrogens is 198 g/mol. The van der Waals surface area contributed by atoms with E-state index in [0.717, 1.165) is 11.3 Å². The molecule has 2 rings (SSSR count). The molecule has 0 spiro atoms. The van der Waals surface area contributed by atoms with Gasteiger partial charge < -0.3 is 5.73 Å². The summed E-state index contributed by atoms with van der Waals surface area (Å²) in [5, 5.41) is 8.23. The van der Waals surface area contributed by atoms with Crippen LogP contribution in [0.1, 0.15) is 5.56 Å². The van der Waals surface area contributed by atoms with Gasteiger partial charge in [-0.1, -0.05) is 24.3 Å². The summed E-state index contributed by atoms with van der Waals surface area (Å²) >= 11 is 0. The highest BCUT2D eigenvalue weighted by molar-refractivity contribution is 5.63. The number of hydrogen-bond donors (Lipinski definition) is 1. The van der Waals surface area contributed by atoms with Crippen LogP contribution in [0.25, 0.3) is 0 Å². The molecule has 0 aliphatic rings. The zero-order chi connectivity index (χ0) is 11.4. The highest BCUT2D eigenvalue weighted by Gasteiger charge is 1.96. The van der Waals surface area contributed by atoms with Gasteiger partial charge in [0.1, 0.15) is 5.69 Å². The molecular formula is C13H13N3. The smallest absolute Gasteiger partial charge is 0.109 e. The molecule has 80 valence electrons. The maximum atomic E-state index is 5.83.